The van der Waals surface area contributed by atoms with Crippen molar-refractivity contribution in [2.75, 3.05) is 6.26 Å². The molecule has 0 heterocycles. The fourth-order valence-electron chi connectivity index (χ4n) is 1.24. The third-order valence-electron chi connectivity index (χ3n) is 2.23. The Morgan fingerprint density at radius 2 is 1.56 bits per heavy atom. The predicted octanol–water partition coefficient (Wildman–Crippen LogP) is 4.95. The van der Waals surface area contributed by atoms with Gasteiger partial charge in [-0.15, -0.1) is 11.8 Å². The second-order valence-corrected chi connectivity index (χ2v) is 4.90. The molecule has 1 nitrogen and oxygen atoms in total. The molecule has 0 bridgehead atoms. The minimum Gasteiger partial charge on any atom is -0.295 e. The summed E-state index contributed by atoms with van der Waals surface area (Å²) in [4.78, 5) is 11.9. The van der Waals surface area contributed by atoms with Crippen molar-refractivity contribution in [1.82, 2.24) is 0 Å². The van der Waals surface area contributed by atoms with Gasteiger partial charge in [0.05, 0.1) is 0 Å². The van der Waals surface area contributed by atoms with Gasteiger partial charge >= 0.3 is 0 Å². The Balaban J connectivity index is 0.000000180. The largest absolute Gasteiger partial charge is 0.295 e. The van der Waals surface area contributed by atoms with Crippen molar-refractivity contribution in [1.29, 1.82) is 0 Å². The van der Waals surface area contributed by atoms with E-state index in [0.29, 0.717) is 0 Å². The number of ketones is 1. The molecule has 0 amide bonds. The second-order valence-electron chi connectivity index (χ2n) is 3.58. The van der Waals surface area contributed by atoms with Gasteiger partial charge in [-0.2, -0.15) is 0 Å². The standard InChI is InChI=1S/C8H8O.C7H7ClS/c1-7(9)8-5-3-2-4-6-8;1-9-7-4-2-6(8)3-5-7/h2-6H,1H3;2-5H,1H3. The van der Waals surface area contributed by atoms with Gasteiger partial charge in [0.25, 0.3) is 0 Å². The summed E-state index contributed by atoms with van der Waals surface area (Å²) in [7, 11) is 0. The Morgan fingerprint density at radius 1 is 1.00 bits per heavy atom. The quantitative estimate of drug-likeness (QED) is 0.571. The first-order valence-corrected chi connectivity index (χ1v) is 7.09. The molecule has 0 atom stereocenters. The van der Waals surface area contributed by atoms with Crippen LogP contribution in [0.25, 0.3) is 0 Å². The van der Waals surface area contributed by atoms with Crippen molar-refractivity contribution in [3.63, 3.8) is 0 Å². The Bertz CT molecular complexity index is 480. The summed E-state index contributed by atoms with van der Waals surface area (Å²) in [6, 6.07) is 17.0. The molecule has 3 heteroatoms. The van der Waals surface area contributed by atoms with Crippen LogP contribution in [0.15, 0.2) is 59.5 Å². The SMILES string of the molecule is CC(=O)c1ccccc1.CSc1ccc(Cl)cc1. The van der Waals surface area contributed by atoms with Crippen molar-refractivity contribution >= 4 is 29.1 Å². The molecule has 94 valence electrons. The van der Waals surface area contributed by atoms with Gasteiger partial charge in [-0.05, 0) is 37.4 Å². The Morgan fingerprint density at radius 3 is 1.94 bits per heavy atom. The molecule has 0 N–H and O–H groups in total. The van der Waals surface area contributed by atoms with E-state index in [1.165, 1.54) is 4.90 Å². The van der Waals surface area contributed by atoms with E-state index in [4.69, 9.17) is 11.6 Å². The highest BCUT2D eigenvalue weighted by atomic mass is 35.5. The first kappa shape index (κ1) is 14.8. The third-order valence-corrected chi connectivity index (χ3v) is 3.23. The average molecular weight is 279 g/mol. The van der Waals surface area contributed by atoms with Crippen molar-refractivity contribution in [3.05, 3.63) is 65.2 Å². The van der Waals surface area contributed by atoms with E-state index in [0.717, 1.165) is 10.6 Å². The van der Waals surface area contributed by atoms with E-state index < -0.39 is 0 Å². The van der Waals surface area contributed by atoms with Gasteiger partial charge in [0, 0.05) is 15.5 Å². The highest BCUT2D eigenvalue weighted by Gasteiger charge is 1.92. The first-order chi connectivity index (χ1) is 8.63. The number of thioether (sulfide) groups is 1. The van der Waals surface area contributed by atoms with Crippen molar-refractivity contribution < 1.29 is 4.79 Å². The normalized spacial score (nSPS) is 9.28. The molecule has 0 saturated heterocycles. The number of carbonyl (C=O) groups is 1. The summed E-state index contributed by atoms with van der Waals surface area (Å²) >= 11 is 7.38. The van der Waals surface area contributed by atoms with Crippen LogP contribution in [0.4, 0.5) is 0 Å². The number of carbonyl (C=O) groups excluding carboxylic acids is 1. The molecular formula is C15H15ClOS. The summed E-state index contributed by atoms with van der Waals surface area (Å²) in [6.07, 6.45) is 2.04. The van der Waals surface area contributed by atoms with Crippen LogP contribution in [0, 0.1) is 0 Å². The smallest absolute Gasteiger partial charge is 0.159 e. The van der Waals surface area contributed by atoms with Gasteiger partial charge in [-0.3, -0.25) is 4.79 Å². The lowest BCUT2D eigenvalue weighted by Crippen LogP contribution is -1.88. The molecular weight excluding hydrogens is 264 g/mol. The maximum absolute atomic E-state index is 10.6. The van der Waals surface area contributed by atoms with Crippen LogP contribution in [-0.2, 0) is 0 Å². The van der Waals surface area contributed by atoms with Gasteiger partial charge in [0.15, 0.2) is 5.78 Å². The van der Waals surface area contributed by atoms with Crippen LogP contribution in [0.5, 0.6) is 0 Å². The lowest BCUT2D eigenvalue weighted by molar-refractivity contribution is 0.101. The Kier molecular flexibility index (Phi) is 6.55. The van der Waals surface area contributed by atoms with Crippen molar-refractivity contribution in [2.45, 2.75) is 11.8 Å². The highest BCUT2D eigenvalue weighted by molar-refractivity contribution is 7.98. The monoisotopic (exact) mass is 278 g/mol. The van der Waals surface area contributed by atoms with Gasteiger partial charge in [-0.1, -0.05) is 41.9 Å². The maximum Gasteiger partial charge on any atom is 0.159 e. The zero-order valence-corrected chi connectivity index (χ0v) is 12.0. The minimum absolute atomic E-state index is 0.121. The number of hydrogen-bond acceptors (Lipinski definition) is 2. The van der Waals surface area contributed by atoms with Crippen LogP contribution in [0.1, 0.15) is 17.3 Å². The fraction of sp³-hybridized carbons (Fsp3) is 0.133. The number of halogens is 1. The zero-order valence-electron chi connectivity index (χ0n) is 10.4. The molecule has 0 fully saturated rings. The molecule has 0 spiro atoms. The molecule has 0 aliphatic rings. The van der Waals surface area contributed by atoms with Crippen LogP contribution in [0.3, 0.4) is 0 Å². The van der Waals surface area contributed by atoms with Crippen LogP contribution < -0.4 is 0 Å². The summed E-state index contributed by atoms with van der Waals surface area (Å²) < 4.78 is 0. The average Bonchev–Trinajstić information content (AvgIpc) is 2.41. The van der Waals surface area contributed by atoms with E-state index in [-0.39, 0.29) is 5.78 Å². The molecule has 0 aliphatic carbocycles. The maximum atomic E-state index is 10.6. The lowest BCUT2D eigenvalue weighted by Gasteiger charge is -1.92. The Labute approximate surface area is 117 Å². The van der Waals surface area contributed by atoms with Gasteiger partial charge in [0.1, 0.15) is 0 Å². The molecule has 2 aromatic rings. The second kappa shape index (κ2) is 7.96. The highest BCUT2D eigenvalue weighted by Crippen LogP contribution is 2.16. The van der Waals surface area contributed by atoms with Gasteiger partial charge in [-0.25, -0.2) is 0 Å². The number of Topliss-reactive ketones (excluding diaryl/α,β-unsaturated/α-hetero) is 1. The molecule has 0 saturated carbocycles. The van der Waals surface area contributed by atoms with Crippen LogP contribution in [0.2, 0.25) is 5.02 Å². The minimum atomic E-state index is 0.121. The number of benzene rings is 2. The summed E-state index contributed by atoms with van der Waals surface area (Å²) in [5.74, 6) is 0.121. The van der Waals surface area contributed by atoms with E-state index in [1.54, 1.807) is 18.7 Å². The van der Waals surface area contributed by atoms with Crippen LogP contribution >= 0.6 is 23.4 Å². The number of rotatable bonds is 2. The summed E-state index contributed by atoms with van der Waals surface area (Å²) in [6.45, 7) is 1.56. The van der Waals surface area contributed by atoms with Crippen molar-refractivity contribution in [2.24, 2.45) is 0 Å². The predicted molar refractivity (Wildman–Crippen MR) is 79.7 cm³/mol. The molecule has 2 rings (SSSR count). The van der Waals surface area contributed by atoms with E-state index in [1.807, 2.05) is 60.9 Å². The number of hydrogen-bond donors (Lipinski definition) is 0. The third kappa shape index (κ3) is 5.39. The molecule has 18 heavy (non-hydrogen) atoms. The molecule has 0 unspecified atom stereocenters. The van der Waals surface area contributed by atoms with E-state index in [9.17, 15) is 4.79 Å². The molecule has 0 aliphatic heterocycles. The Hall–Kier alpha value is -1.25. The first-order valence-electron chi connectivity index (χ1n) is 5.49. The lowest BCUT2D eigenvalue weighted by atomic mass is 10.2. The summed E-state index contributed by atoms with van der Waals surface area (Å²) in [5.41, 5.74) is 0.775. The molecule has 2 aromatic carbocycles. The fourth-order valence-corrected chi connectivity index (χ4v) is 1.78. The van der Waals surface area contributed by atoms with Gasteiger partial charge in [0.2, 0.25) is 0 Å². The topological polar surface area (TPSA) is 17.1 Å². The zero-order chi connectivity index (χ0) is 13.4. The molecule has 0 radical (unpaired) electrons. The van der Waals surface area contributed by atoms with Crippen LogP contribution in [-0.4, -0.2) is 12.0 Å². The van der Waals surface area contributed by atoms with Gasteiger partial charge < -0.3 is 0 Å². The van der Waals surface area contributed by atoms with E-state index >= 15 is 0 Å². The summed E-state index contributed by atoms with van der Waals surface area (Å²) in [5, 5.41) is 0.799. The molecule has 0 aromatic heterocycles. The van der Waals surface area contributed by atoms with Crippen molar-refractivity contribution in [3.8, 4) is 0 Å². The van der Waals surface area contributed by atoms with E-state index in [2.05, 4.69) is 0 Å².